The Kier molecular flexibility index (Phi) is 4.20. The van der Waals surface area contributed by atoms with Gasteiger partial charge in [-0.3, -0.25) is 0 Å². The van der Waals surface area contributed by atoms with Crippen molar-refractivity contribution in [3.63, 3.8) is 0 Å². The first-order chi connectivity index (χ1) is 5.84. The molecule has 1 saturated carbocycles. The highest BCUT2D eigenvalue weighted by molar-refractivity contribution is 4.75. The van der Waals surface area contributed by atoms with Gasteiger partial charge in [-0.1, -0.05) is 39.2 Å². The third-order valence-electron chi connectivity index (χ3n) is 3.06. The van der Waals surface area contributed by atoms with Crippen molar-refractivity contribution >= 4 is 0 Å². The molecule has 0 amide bonds. The van der Waals surface area contributed by atoms with E-state index in [9.17, 15) is 0 Å². The predicted molar refractivity (Wildman–Crippen MR) is 53.9 cm³/mol. The summed E-state index contributed by atoms with van der Waals surface area (Å²) in [7, 11) is 0. The minimum atomic E-state index is 0.880. The molecule has 1 heteroatoms. The molecule has 1 fully saturated rings. The molecule has 70 valence electrons. The zero-order valence-corrected chi connectivity index (χ0v) is 8.18. The Balaban J connectivity index is 2.31. The first kappa shape index (κ1) is 9.63. The molecule has 0 bridgehead atoms. The fraction of sp³-hybridized carbons (Fsp3) is 0.818. The first-order valence-corrected chi connectivity index (χ1v) is 5.19. The Morgan fingerprint density at radius 1 is 1.33 bits per heavy atom. The molecule has 1 N–H and O–H groups in total. The molecule has 0 saturated heterocycles. The number of rotatable bonds is 3. The summed E-state index contributed by atoms with van der Waals surface area (Å²) in [6.45, 7) is 7.20. The third kappa shape index (κ3) is 2.88. The van der Waals surface area contributed by atoms with E-state index in [2.05, 4.69) is 18.8 Å². The summed E-state index contributed by atoms with van der Waals surface area (Å²) in [6, 6.07) is 0. The van der Waals surface area contributed by atoms with E-state index in [-0.39, 0.29) is 0 Å². The van der Waals surface area contributed by atoms with Crippen LogP contribution in [0.3, 0.4) is 0 Å². The SMILES string of the molecule is C=CNCC1CCCCCC1C. The smallest absolute Gasteiger partial charge is 0.0172 e. The van der Waals surface area contributed by atoms with Crippen molar-refractivity contribution in [2.75, 3.05) is 6.54 Å². The van der Waals surface area contributed by atoms with E-state index in [1.165, 1.54) is 32.1 Å². The van der Waals surface area contributed by atoms with Gasteiger partial charge in [-0.05, 0) is 24.5 Å². The maximum absolute atomic E-state index is 3.68. The van der Waals surface area contributed by atoms with Gasteiger partial charge in [0, 0.05) is 6.54 Å². The van der Waals surface area contributed by atoms with Crippen LogP contribution in [0.15, 0.2) is 12.8 Å². The quantitative estimate of drug-likeness (QED) is 0.637. The average Bonchev–Trinajstić information content (AvgIpc) is 2.27. The second kappa shape index (κ2) is 5.23. The summed E-state index contributed by atoms with van der Waals surface area (Å²) in [6.07, 6.45) is 8.94. The van der Waals surface area contributed by atoms with Gasteiger partial charge in [-0.2, -0.15) is 0 Å². The van der Waals surface area contributed by atoms with Gasteiger partial charge in [0.2, 0.25) is 0 Å². The number of nitrogens with one attached hydrogen (secondary N) is 1. The Morgan fingerprint density at radius 3 is 2.83 bits per heavy atom. The van der Waals surface area contributed by atoms with Crippen LogP contribution >= 0.6 is 0 Å². The van der Waals surface area contributed by atoms with Gasteiger partial charge in [0.15, 0.2) is 0 Å². The topological polar surface area (TPSA) is 12.0 Å². The van der Waals surface area contributed by atoms with Crippen molar-refractivity contribution in [3.8, 4) is 0 Å². The van der Waals surface area contributed by atoms with Crippen LogP contribution in [0.2, 0.25) is 0 Å². The fourth-order valence-corrected chi connectivity index (χ4v) is 2.11. The van der Waals surface area contributed by atoms with Gasteiger partial charge in [0.1, 0.15) is 0 Å². The largest absolute Gasteiger partial charge is 0.391 e. The highest BCUT2D eigenvalue weighted by atomic mass is 14.8. The van der Waals surface area contributed by atoms with Gasteiger partial charge < -0.3 is 5.32 Å². The molecule has 1 rings (SSSR count). The lowest BCUT2D eigenvalue weighted by Crippen LogP contribution is -2.22. The van der Waals surface area contributed by atoms with Crippen LogP contribution in [0, 0.1) is 11.8 Å². The molecular weight excluding hydrogens is 146 g/mol. The zero-order valence-electron chi connectivity index (χ0n) is 8.18. The lowest BCUT2D eigenvalue weighted by atomic mass is 9.90. The van der Waals surface area contributed by atoms with Gasteiger partial charge in [0.25, 0.3) is 0 Å². The Hall–Kier alpha value is -0.460. The van der Waals surface area contributed by atoms with E-state index in [1.807, 2.05) is 6.20 Å². The molecule has 0 aliphatic heterocycles. The maximum atomic E-state index is 3.68. The van der Waals surface area contributed by atoms with Crippen LogP contribution < -0.4 is 5.32 Å². The lowest BCUT2D eigenvalue weighted by Gasteiger charge is -2.20. The summed E-state index contributed by atoms with van der Waals surface area (Å²) >= 11 is 0. The number of hydrogen-bond donors (Lipinski definition) is 1. The molecular formula is C11H21N. The minimum absolute atomic E-state index is 0.880. The van der Waals surface area contributed by atoms with Crippen molar-refractivity contribution in [1.29, 1.82) is 0 Å². The summed E-state index contributed by atoms with van der Waals surface area (Å²) in [5, 5.41) is 3.24. The molecule has 12 heavy (non-hydrogen) atoms. The monoisotopic (exact) mass is 167 g/mol. The van der Waals surface area contributed by atoms with Crippen LogP contribution in [-0.2, 0) is 0 Å². The van der Waals surface area contributed by atoms with Gasteiger partial charge >= 0.3 is 0 Å². The fourth-order valence-electron chi connectivity index (χ4n) is 2.11. The molecule has 2 unspecified atom stereocenters. The maximum Gasteiger partial charge on any atom is 0.0172 e. The van der Waals surface area contributed by atoms with Gasteiger partial charge in [0.05, 0.1) is 0 Å². The van der Waals surface area contributed by atoms with Crippen LogP contribution in [0.25, 0.3) is 0 Å². The molecule has 1 aliphatic rings. The summed E-state index contributed by atoms with van der Waals surface area (Å²) < 4.78 is 0. The van der Waals surface area contributed by atoms with Crippen molar-refractivity contribution < 1.29 is 0 Å². The first-order valence-electron chi connectivity index (χ1n) is 5.19. The summed E-state index contributed by atoms with van der Waals surface area (Å²) in [5.74, 6) is 1.78. The van der Waals surface area contributed by atoms with Crippen molar-refractivity contribution in [3.05, 3.63) is 12.8 Å². The van der Waals surface area contributed by atoms with Crippen LogP contribution in [0.4, 0.5) is 0 Å². The Bertz CT molecular complexity index is 131. The molecule has 0 spiro atoms. The van der Waals surface area contributed by atoms with E-state index < -0.39 is 0 Å². The van der Waals surface area contributed by atoms with Crippen LogP contribution in [0.5, 0.6) is 0 Å². The second-order valence-electron chi connectivity index (χ2n) is 3.99. The van der Waals surface area contributed by atoms with Crippen LogP contribution in [-0.4, -0.2) is 6.54 Å². The van der Waals surface area contributed by atoms with Gasteiger partial charge in [-0.25, -0.2) is 0 Å². The molecule has 0 aromatic heterocycles. The lowest BCUT2D eigenvalue weighted by molar-refractivity contribution is 0.333. The molecule has 1 nitrogen and oxygen atoms in total. The molecule has 0 heterocycles. The van der Waals surface area contributed by atoms with E-state index in [0.717, 1.165) is 18.4 Å². The molecule has 0 radical (unpaired) electrons. The average molecular weight is 167 g/mol. The molecule has 1 aliphatic carbocycles. The predicted octanol–water partition coefficient (Wildman–Crippen LogP) is 2.94. The highest BCUT2D eigenvalue weighted by Gasteiger charge is 2.18. The molecule has 0 aromatic carbocycles. The Labute approximate surface area is 76.2 Å². The Morgan fingerprint density at radius 2 is 2.08 bits per heavy atom. The van der Waals surface area contributed by atoms with E-state index in [1.54, 1.807) is 0 Å². The molecule has 0 aromatic rings. The second-order valence-corrected chi connectivity index (χ2v) is 3.99. The zero-order chi connectivity index (χ0) is 8.81. The van der Waals surface area contributed by atoms with E-state index >= 15 is 0 Å². The van der Waals surface area contributed by atoms with Gasteiger partial charge in [-0.15, -0.1) is 0 Å². The van der Waals surface area contributed by atoms with E-state index in [0.29, 0.717) is 0 Å². The van der Waals surface area contributed by atoms with Crippen molar-refractivity contribution in [1.82, 2.24) is 5.32 Å². The van der Waals surface area contributed by atoms with Crippen molar-refractivity contribution in [2.45, 2.75) is 39.0 Å². The molecule has 2 atom stereocenters. The highest BCUT2D eigenvalue weighted by Crippen LogP contribution is 2.27. The normalized spacial score (nSPS) is 30.8. The van der Waals surface area contributed by atoms with Crippen LogP contribution in [0.1, 0.15) is 39.0 Å². The summed E-state index contributed by atoms with van der Waals surface area (Å²) in [4.78, 5) is 0. The standard InChI is InChI=1S/C11H21N/c1-3-12-9-11-8-6-4-5-7-10(11)2/h3,10-12H,1,4-9H2,2H3. The third-order valence-corrected chi connectivity index (χ3v) is 3.06. The van der Waals surface area contributed by atoms with Crippen molar-refractivity contribution in [2.24, 2.45) is 11.8 Å². The summed E-state index contributed by atoms with van der Waals surface area (Å²) in [5.41, 5.74) is 0. The minimum Gasteiger partial charge on any atom is -0.391 e. The van der Waals surface area contributed by atoms with E-state index in [4.69, 9.17) is 0 Å². The number of hydrogen-bond acceptors (Lipinski definition) is 1.